The molecule has 0 aromatic heterocycles. The molecule has 0 bridgehead atoms. The minimum atomic E-state index is -0.363. The maximum Gasteiger partial charge on any atom is 0.410 e. The highest BCUT2D eigenvalue weighted by molar-refractivity contribution is 5.96. The summed E-state index contributed by atoms with van der Waals surface area (Å²) < 4.78 is 11.3. The molecule has 2 saturated heterocycles. The van der Waals surface area contributed by atoms with Crippen LogP contribution in [0.5, 0.6) is 5.75 Å². The number of nitrogens with zero attached hydrogens (tertiary/aromatic N) is 3. The van der Waals surface area contributed by atoms with E-state index in [2.05, 4.69) is 4.90 Å². The summed E-state index contributed by atoms with van der Waals surface area (Å²) in [6, 6.07) is 7.66. The first kappa shape index (κ1) is 17.1. The average molecular weight is 359 g/mol. The minimum Gasteiger partial charge on any atom is -0.490 e. The lowest BCUT2D eigenvalue weighted by Gasteiger charge is -2.38. The second-order valence-corrected chi connectivity index (χ2v) is 7.20. The molecule has 1 aromatic carbocycles. The minimum absolute atomic E-state index is 0.0929. The van der Waals surface area contributed by atoms with Gasteiger partial charge in [0.25, 0.3) is 0 Å². The van der Waals surface area contributed by atoms with E-state index in [-0.39, 0.29) is 17.6 Å². The van der Waals surface area contributed by atoms with Crippen LogP contribution in [0.4, 0.5) is 10.5 Å². The number of amides is 2. The molecule has 1 spiro atoms. The zero-order valence-electron chi connectivity index (χ0n) is 15.1. The van der Waals surface area contributed by atoms with E-state index in [0.29, 0.717) is 32.8 Å². The van der Waals surface area contributed by atoms with Crippen LogP contribution < -0.4 is 9.64 Å². The Kier molecular flexibility index (Phi) is 4.48. The Balaban J connectivity index is 1.35. The van der Waals surface area contributed by atoms with Gasteiger partial charge in [0.15, 0.2) is 0 Å². The van der Waals surface area contributed by atoms with Gasteiger partial charge in [-0.3, -0.25) is 9.69 Å². The first-order chi connectivity index (χ1) is 12.6. The molecule has 0 aliphatic carbocycles. The van der Waals surface area contributed by atoms with Gasteiger partial charge in [-0.1, -0.05) is 12.1 Å². The quantitative estimate of drug-likeness (QED) is 0.822. The molecule has 0 radical (unpaired) electrons. The monoisotopic (exact) mass is 359 g/mol. The van der Waals surface area contributed by atoms with Crippen molar-refractivity contribution < 1.29 is 19.1 Å². The molecule has 2 fully saturated rings. The van der Waals surface area contributed by atoms with Crippen molar-refractivity contribution in [3.63, 3.8) is 0 Å². The highest BCUT2D eigenvalue weighted by Crippen LogP contribution is 2.34. The van der Waals surface area contributed by atoms with Crippen molar-refractivity contribution in [3.8, 4) is 5.75 Å². The number of benzene rings is 1. The largest absolute Gasteiger partial charge is 0.490 e. The van der Waals surface area contributed by atoms with E-state index in [4.69, 9.17) is 9.47 Å². The van der Waals surface area contributed by atoms with Gasteiger partial charge in [-0.15, -0.1) is 0 Å². The second kappa shape index (κ2) is 6.79. The van der Waals surface area contributed by atoms with Crippen LogP contribution in [0.1, 0.15) is 19.8 Å². The third-order valence-corrected chi connectivity index (χ3v) is 5.58. The van der Waals surface area contributed by atoms with E-state index in [0.717, 1.165) is 37.4 Å². The van der Waals surface area contributed by atoms with Gasteiger partial charge in [-0.25, -0.2) is 4.79 Å². The standard InChI is InChI=1S/C19H25N3O4/c1-2-21-14-19(26-18(21)24)7-9-20(10-8-19)13-17(23)22-11-12-25-16-6-4-3-5-15(16)22/h3-6H,2,7-14H2,1H3. The zero-order valence-corrected chi connectivity index (χ0v) is 15.1. The Labute approximate surface area is 153 Å². The van der Waals surface area contributed by atoms with Gasteiger partial charge < -0.3 is 19.3 Å². The number of ether oxygens (including phenoxy) is 2. The average Bonchev–Trinajstić information content (AvgIpc) is 2.98. The van der Waals surface area contributed by atoms with Crippen molar-refractivity contribution in [2.75, 3.05) is 50.8 Å². The van der Waals surface area contributed by atoms with Gasteiger partial charge >= 0.3 is 6.09 Å². The number of likely N-dealkylation sites (N-methyl/N-ethyl adjacent to an activating group) is 1. The molecule has 0 N–H and O–H groups in total. The molecule has 7 heteroatoms. The summed E-state index contributed by atoms with van der Waals surface area (Å²) in [4.78, 5) is 30.4. The lowest BCUT2D eigenvalue weighted by molar-refractivity contribution is -0.121. The van der Waals surface area contributed by atoms with Crippen molar-refractivity contribution in [1.29, 1.82) is 0 Å². The lowest BCUT2D eigenvalue weighted by atomic mass is 9.91. The highest BCUT2D eigenvalue weighted by Gasteiger charge is 2.46. The van der Waals surface area contributed by atoms with Crippen LogP contribution in [0.3, 0.4) is 0 Å². The van der Waals surface area contributed by atoms with Crippen molar-refractivity contribution in [2.24, 2.45) is 0 Å². The Morgan fingerprint density at radius 2 is 1.96 bits per heavy atom. The first-order valence-electron chi connectivity index (χ1n) is 9.33. The molecule has 1 aromatic rings. The fourth-order valence-corrected chi connectivity index (χ4v) is 4.02. The number of carbonyl (C=O) groups excluding carboxylic acids is 2. The maximum atomic E-state index is 12.8. The number of hydrogen-bond donors (Lipinski definition) is 0. The number of likely N-dealkylation sites (tertiary alicyclic amines) is 1. The fourth-order valence-electron chi connectivity index (χ4n) is 4.02. The van der Waals surface area contributed by atoms with Crippen LogP contribution in [0, 0.1) is 0 Å². The molecule has 4 rings (SSSR count). The van der Waals surface area contributed by atoms with Crippen molar-refractivity contribution >= 4 is 17.7 Å². The van der Waals surface area contributed by atoms with Crippen molar-refractivity contribution in [2.45, 2.75) is 25.4 Å². The van der Waals surface area contributed by atoms with E-state index >= 15 is 0 Å². The number of rotatable bonds is 3. The Morgan fingerprint density at radius 1 is 1.19 bits per heavy atom. The van der Waals surface area contributed by atoms with Crippen LogP contribution in [0.2, 0.25) is 0 Å². The van der Waals surface area contributed by atoms with E-state index in [1.807, 2.05) is 36.1 Å². The van der Waals surface area contributed by atoms with Gasteiger partial charge in [0.2, 0.25) is 5.91 Å². The molecule has 26 heavy (non-hydrogen) atoms. The van der Waals surface area contributed by atoms with Gasteiger partial charge in [0, 0.05) is 32.5 Å². The summed E-state index contributed by atoms with van der Waals surface area (Å²) in [5, 5.41) is 0. The molecule has 3 aliphatic rings. The molecule has 0 atom stereocenters. The predicted octanol–water partition coefficient (Wildman–Crippen LogP) is 1.72. The van der Waals surface area contributed by atoms with E-state index in [1.165, 1.54) is 0 Å². The number of hydrogen-bond acceptors (Lipinski definition) is 5. The summed E-state index contributed by atoms with van der Waals surface area (Å²) in [5.74, 6) is 0.859. The molecular formula is C19H25N3O4. The summed E-state index contributed by atoms with van der Waals surface area (Å²) in [5.41, 5.74) is 0.485. The number of fused-ring (bicyclic) bond motifs is 1. The van der Waals surface area contributed by atoms with Crippen LogP contribution in [-0.4, -0.2) is 73.3 Å². The molecule has 0 saturated carbocycles. The molecule has 0 unspecified atom stereocenters. The van der Waals surface area contributed by atoms with E-state index in [9.17, 15) is 9.59 Å². The first-order valence-corrected chi connectivity index (χ1v) is 9.33. The topological polar surface area (TPSA) is 62.3 Å². The molecule has 3 aliphatic heterocycles. The van der Waals surface area contributed by atoms with E-state index in [1.54, 1.807) is 4.90 Å². The second-order valence-electron chi connectivity index (χ2n) is 7.20. The van der Waals surface area contributed by atoms with Crippen LogP contribution in [0.25, 0.3) is 0 Å². The summed E-state index contributed by atoms with van der Waals surface area (Å²) in [6.45, 7) is 6.33. The Bertz CT molecular complexity index is 700. The van der Waals surface area contributed by atoms with Crippen molar-refractivity contribution in [3.05, 3.63) is 24.3 Å². The number of para-hydroxylation sites is 2. The summed E-state index contributed by atoms with van der Waals surface area (Å²) in [7, 11) is 0. The van der Waals surface area contributed by atoms with Crippen LogP contribution >= 0.6 is 0 Å². The van der Waals surface area contributed by atoms with Crippen LogP contribution in [0.15, 0.2) is 24.3 Å². The normalized spacial score (nSPS) is 22.1. The van der Waals surface area contributed by atoms with Gasteiger partial charge in [-0.05, 0) is 19.1 Å². The summed E-state index contributed by atoms with van der Waals surface area (Å²) >= 11 is 0. The Morgan fingerprint density at radius 3 is 2.69 bits per heavy atom. The molecule has 7 nitrogen and oxygen atoms in total. The van der Waals surface area contributed by atoms with Gasteiger partial charge in [0.1, 0.15) is 18.0 Å². The van der Waals surface area contributed by atoms with E-state index < -0.39 is 0 Å². The van der Waals surface area contributed by atoms with Crippen LogP contribution in [-0.2, 0) is 9.53 Å². The SMILES string of the molecule is CCN1CC2(CCN(CC(=O)N3CCOc4ccccc43)CC2)OC1=O. The predicted molar refractivity (Wildman–Crippen MR) is 96.4 cm³/mol. The number of piperidine rings is 1. The zero-order chi connectivity index (χ0) is 18.1. The fraction of sp³-hybridized carbons (Fsp3) is 0.579. The third-order valence-electron chi connectivity index (χ3n) is 5.58. The lowest BCUT2D eigenvalue weighted by Crippen LogP contribution is -2.50. The summed E-state index contributed by atoms with van der Waals surface area (Å²) in [6.07, 6.45) is 1.35. The smallest absolute Gasteiger partial charge is 0.410 e. The number of anilines is 1. The molecule has 2 amide bonds. The highest BCUT2D eigenvalue weighted by atomic mass is 16.6. The molecular weight excluding hydrogens is 334 g/mol. The number of carbonyl (C=O) groups is 2. The Hall–Kier alpha value is -2.28. The van der Waals surface area contributed by atoms with Gasteiger partial charge in [0.05, 0.1) is 25.3 Å². The van der Waals surface area contributed by atoms with Gasteiger partial charge in [-0.2, -0.15) is 0 Å². The van der Waals surface area contributed by atoms with Crippen molar-refractivity contribution in [1.82, 2.24) is 9.80 Å². The third kappa shape index (κ3) is 3.11. The molecule has 140 valence electrons. The maximum absolute atomic E-state index is 12.8. The molecule has 3 heterocycles.